The number of nitrogens with one attached hydrogen (secondary N) is 1. The first-order valence-corrected chi connectivity index (χ1v) is 7.60. The number of aliphatic hydroxyl groups excluding tert-OH is 1. The van der Waals surface area contributed by atoms with Crippen molar-refractivity contribution >= 4 is 6.09 Å². The van der Waals surface area contributed by atoms with Crippen LogP contribution in [0.5, 0.6) is 0 Å². The molecule has 1 amide bonds. The molecule has 2 N–H and O–H groups in total. The Balaban J connectivity index is 0. The Labute approximate surface area is 135 Å². The van der Waals surface area contributed by atoms with Crippen molar-refractivity contribution in [1.29, 1.82) is 0 Å². The fourth-order valence-electron chi connectivity index (χ4n) is 1.61. The minimum absolute atomic E-state index is 0.367. The van der Waals surface area contributed by atoms with Crippen LogP contribution in [0.4, 0.5) is 4.79 Å². The lowest BCUT2D eigenvalue weighted by Crippen LogP contribution is -2.33. The van der Waals surface area contributed by atoms with Gasteiger partial charge in [0.15, 0.2) is 0 Å². The molecule has 0 heterocycles. The van der Waals surface area contributed by atoms with Gasteiger partial charge in [-0.2, -0.15) is 0 Å². The fourth-order valence-corrected chi connectivity index (χ4v) is 1.61. The van der Waals surface area contributed by atoms with Crippen molar-refractivity contribution in [1.82, 2.24) is 5.32 Å². The molecular weight excluding hydrogens is 278 g/mol. The molecule has 22 heavy (non-hydrogen) atoms. The topological polar surface area (TPSA) is 58.6 Å². The largest absolute Gasteiger partial charge is 0.444 e. The Bertz CT molecular complexity index is 397. The second-order valence-corrected chi connectivity index (χ2v) is 5.98. The van der Waals surface area contributed by atoms with Crippen molar-refractivity contribution in [2.45, 2.75) is 60.0 Å². The summed E-state index contributed by atoms with van der Waals surface area (Å²) in [5.74, 6) is 0. The highest BCUT2D eigenvalue weighted by Crippen LogP contribution is 2.15. The summed E-state index contributed by atoms with van der Waals surface area (Å²) in [5.41, 5.74) is 3.24. The van der Waals surface area contributed by atoms with Gasteiger partial charge in [-0.25, -0.2) is 4.79 Å². The molecule has 0 atom stereocenters. The standard InChI is InChI=1S/C17H29NO2.CH4O/c1-8-14(9-2)12-15(13(3)4)10-11-18-16(19)20-17(5,6)7;1-2/h8,12H,1,9-11H2,2-7H3,(H,18,19);2H,1H3/b14-12+;. The maximum atomic E-state index is 11.6. The average molecular weight is 311 g/mol. The van der Waals surface area contributed by atoms with Crippen LogP contribution in [0.3, 0.4) is 0 Å². The summed E-state index contributed by atoms with van der Waals surface area (Å²) in [4.78, 5) is 11.6. The summed E-state index contributed by atoms with van der Waals surface area (Å²) in [6.07, 6.45) is 5.41. The summed E-state index contributed by atoms with van der Waals surface area (Å²) in [6.45, 7) is 16.2. The van der Waals surface area contributed by atoms with E-state index in [1.165, 1.54) is 16.7 Å². The minimum Gasteiger partial charge on any atom is -0.444 e. The molecule has 128 valence electrons. The van der Waals surface area contributed by atoms with Crippen LogP contribution in [0.1, 0.15) is 54.4 Å². The van der Waals surface area contributed by atoms with Gasteiger partial charge in [-0.3, -0.25) is 0 Å². The predicted octanol–water partition coefficient (Wildman–Crippen LogP) is 4.37. The number of aliphatic hydroxyl groups is 1. The quantitative estimate of drug-likeness (QED) is 0.716. The summed E-state index contributed by atoms with van der Waals surface area (Å²) >= 11 is 0. The number of ether oxygens (including phenoxy) is 1. The van der Waals surface area contributed by atoms with E-state index in [0.717, 1.165) is 20.0 Å². The van der Waals surface area contributed by atoms with E-state index >= 15 is 0 Å². The van der Waals surface area contributed by atoms with Crippen LogP contribution in [-0.2, 0) is 4.74 Å². The van der Waals surface area contributed by atoms with E-state index in [1.807, 2.05) is 26.8 Å². The van der Waals surface area contributed by atoms with Gasteiger partial charge in [-0.1, -0.05) is 31.2 Å². The van der Waals surface area contributed by atoms with Crippen molar-refractivity contribution in [3.05, 3.63) is 35.5 Å². The first-order valence-electron chi connectivity index (χ1n) is 7.60. The number of carbonyl (C=O) groups is 1. The predicted molar refractivity (Wildman–Crippen MR) is 93.9 cm³/mol. The Kier molecular flexibility index (Phi) is 12.4. The van der Waals surface area contributed by atoms with Gasteiger partial charge in [0.2, 0.25) is 0 Å². The van der Waals surface area contributed by atoms with Gasteiger partial charge in [0, 0.05) is 13.7 Å². The Morgan fingerprint density at radius 1 is 1.27 bits per heavy atom. The maximum Gasteiger partial charge on any atom is 0.407 e. The van der Waals surface area contributed by atoms with Gasteiger partial charge in [0.1, 0.15) is 5.60 Å². The van der Waals surface area contributed by atoms with E-state index in [1.54, 1.807) is 0 Å². The van der Waals surface area contributed by atoms with E-state index in [2.05, 4.69) is 38.7 Å². The third kappa shape index (κ3) is 12.2. The van der Waals surface area contributed by atoms with E-state index in [9.17, 15) is 4.79 Å². The fraction of sp³-hybridized carbons (Fsp3) is 0.611. The van der Waals surface area contributed by atoms with Crippen LogP contribution in [-0.4, -0.2) is 30.5 Å². The Hall–Kier alpha value is -1.55. The SMILES string of the molecule is C=C/C(=C\C(CCNC(=O)OC(C)(C)C)=C(C)C)CC.CO. The number of hydrogen-bond donors (Lipinski definition) is 2. The van der Waals surface area contributed by atoms with Gasteiger partial charge in [-0.05, 0) is 58.6 Å². The van der Waals surface area contributed by atoms with Crippen LogP contribution in [0, 0.1) is 0 Å². The maximum absolute atomic E-state index is 11.6. The smallest absolute Gasteiger partial charge is 0.407 e. The molecule has 0 aromatic carbocycles. The molecule has 0 aromatic rings. The summed E-state index contributed by atoms with van der Waals surface area (Å²) < 4.78 is 5.21. The highest BCUT2D eigenvalue weighted by molar-refractivity contribution is 5.67. The lowest BCUT2D eigenvalue weighted by Gasteiger charge is -2.19. The van der Waals surface area contributed by atoms with Gasteiger partial charge in [0.25, 0.3) is 0 Å². The zero-order valence-electron chi connectivity index (χ0n) is 15.2. The monoisotopic (exact) mass is 311 g/mol. The Morgan fingerprint density at radius 2 is 1.82 bits per heavy atom. The van der Waals surface area contributed by atoms with Gasteiger partial charge >= 0.3 is 6.09 Å². The molecule has 4 heteroatoms. The van der Waals surface area contributed by atoms with Crippen molar-refractivity contribution in [2.75, 3.05) is 13.7 Å². The van der Waals surface area contributed by atoms with E-state index in [0.29, 0.717) is 6.54 Å². The van der Waals surface area contributed by atoms with Crippen LogP contribution in [0.2, 0.25) is 0 Å². The van der Waals surface area contributed by atoms with Crippen molar-refractivity contribution in [3.8, 4) is 0 Å². The van der Waals surface area contributed by atoms with E-state index in [4.69, 9.17) is 9.84 Å². The van der Waals surface area contributed by atoms with Crippen LogP contribution in [0.15, 0.2) is 35.5 Å². The Morgan fingerprint density at radius 3 is 2.18 bits per heavy atom. The molecule has 0 aliphatic rings. The van der Waals surface area contributed by atoms with Gasteiger partial charge in [0.05, 0.1) is 0 Å². The molecule has 0 saturated carbocycles. The highest BCUT2D eigenvalue weighted by atomic mass is 16.6. The number of carbonyl (C=O) groups excluding carboxylic acids is 1. The number of rotatable bonds is 6. The van der Waals surface area contributed by atoms with Crippen LogP contribution >= 0.6 is 0 Å². The molecule has 0 aliphatic heterocycles. The second kappa shape index (κ2) is 12.0. The summed E-state index contributed by atoms with van der Waals surface area (Å²) in [5, 5.41) is 9.78. The zero-order valence-corrected chi connectivity index (χ0v) is 15.2. The van der Waals surface area contributed by atoms with Crippen molar-refractivity contribution < 1.29 is 14.6 Å². The van der Waals surface area contributed by atoms with Crippen LogP contribution < -0.4 is 5.32 Å². The lowest BCUT2D eigenvalue weighted by atomic mass is 10.0. The lowest BCUT2D eigenvalue weighted by molar-refractivity contribution is 0.0528. The highest BCUT2D eigenvalue weighted by Gasteiger charge is 2.15. The van der Waals surface area contributed by atoms with Crippen molar-refractivity contribution in [2.24, 2.45) is 0 Å². The molecular formula is C18H33NO3. The third-order valence-corrected chi connectivity index (χ3v) is 2.73. The van der Waals surface area contributed by atoms with Crippen molar-refractivity contribution in [3.63, 3.8) is 0 Å². The molecule has 0 bridgehead atoms. The minimum atomic E-state index is -0.457. The average Bonchev–Trinajstić information content (AvgIpc) is 2.42. The third-order valence-electron chi connectivity index (χ3n) is 2.73. The first-order chi connectivity index (χ1) is 10.2. The molecule has 0 unspecified atom stereocenters. The van der Waals surface area contributed by atoms with Crippen LogP contribution in [0.25, 0.3) is 0 Å². The van der Waals surface area contributed by atoms with Gasteiger partial charge in [-0.15, -0.1) is 0 Å². The van der Waals surface area contributed by atoms with E-state index in [-0.39, 0.29) is 6.09 Å². The molecule has 0 spiro atoms. The molecule has 0 fully saturated rings. The molecule has 0 aliphatic carbocycles. The molecule has 4 nitrogen and oxygen atoms in total. The van der Waals surface area contributed by atoms with Gasteiger partial charge < -0.3 is 15.2 Å². The number of amides is 1. The molecule has 0 rings (SSSR count). The summed E-state index contributed by atoms with van der Waals surface area (Å²) in [7, 11) is 1.00. The zero-order chi connectivity index (χ0) is 17.8. The van der Waals surface area contributed by atoms with E-state index < -0.39 is 5.60 Å². The normalized spacial score (nSPS) is 11.0. The number of hydrogen-bond acceptors (Lipinski definition) is 3. The number of alkyl carbamates (subject to hydrolysis) is 1. The molecule has 0 aromatic heterocycles. The number of allylic oxidation sites excluding steroid dienone is 4. The molecule has 0 radical (unpaired) electrons. The first kappa shape index (κ1) is 22.7. The summed E-state index contributed by atoms with van der Waals surface area (Å²) in [6, 6.07) is 0. The second-order valence-electron chi connectivity index (χ2n) is 5.98. The molecule has 0 saturated heterocycles.